The van der Waals surface area contributed by atoms with E-state index in [1.54, 1.807) is 37.9 Å². The molecule has 5 nitrogen and oxygen atoms in total. The van der Waals surface area contributed by atoms with Crippen molar-refractivity contribution >= 4 is 17.3 Å². The minimum Gasteiger partial charge on any atom is -0.397 e. The number of anilines is 2. The Morgan fingerprint density at radius 2 is 2.06 bits per heavy atom. The van der Waals surface area contributed by atoms with Gasteiger partial charge in [-0.3, -0.25) is 9.69 Å². The number of carbonyl (C=O) groups excluding carboxylic acids is 1. The van der Waals surface area contributed by atoms with Crippen LogP contribution in [0.25, 0.3) is 0 Å². The number of rotatable bonds is 5. The summed E-state index contributed by atoms with van der Waals surface area (Å²) in [5.41, 5.74) is 6.91. The molecule has 0 bridgehead atoms. The first-order valence-corrected chi connectivity index (χ1v) is 5.95. The zero-order valence-electron chi connectivity index (χ0n) is 11.1. The van der Waals surface area contributed by atoms with Crippen LogP contribution in [0.1, 0.15) is 13.8 Å². The Bertz CT molecular complexity index is 407. The van der Waals surface area contributed by atoms with E-state index in [-0.39, 0.29) is 11.9 Å². The van der Waals surface area contributed by atoms with Crippen LogP contribution in [0.15, 0.2) is 24.3 Å². The lowest BCUT2D eigenvalue weighted by Crippen LogP contribution is -2.42. The first-order valence-electron chi connectivity index (χ1n) is 5.95. The number of likely N-dealkylation sites (N-methyl/N-ethyl adjacent to an activating group) is 1. The molecular formula is C13H21N3O2. The number of hydrogen-bond acceptors (Lipinski definition) is 4. The van der Waals surface area contributed by atoms with E-state index in [4.69, 9.17) is 5.73 Å². The second kappa shape index (κ2) is 6.37. The van der Waals surface area contributed by atoms with Crippen LogP contribution in [0.5, 0.6) is 0 Å². The Hall–Kier alpha value is -1.59. The summed E-state index contributed by atoms with van der Waals surface area (Å²) in [5.74, 6) is -0.143. The number of nitrogen functional groups attached to an aromatic ring is 1. The number of hydrogen-bond donors (Lipinski definition) is 3. The summed E-state index contributed by atoms with van der Waals surface area (Å²) < 4.78 is 0. The number of carbonyl (C=O) groups is 1. The molecule has 18 heavy (non-hydrogen) atoms. The number of nitrogens with one attached hydrogen (secondary N) is 1. The third-order valence-corrected chi connectivity index (χ3v) is 2.81. The number of benzene rings is 1. The molecule has 0 aromatic heterocycles. The van der Waals surface area contributed by atoms with Gasteiger partial charge in [0.1, 0.15) is 0 Å². The summed E-state index contributed by atoms with van der Waals surface area (Å²) >= 11 is 0. The maximum atomic E-state index is 12.0. The number of aliphatic hydroxyl groups excluding tert-OH is 1. The largest absolute Gasteiger partial charge is 0.397 e. The standard InChI is InChI=1S/C13H21N3O2/c1-9(17)8-16(3)10(2)13(18)15-12-7-5-4-6-11(12)14/h4-7,9-10,17H,8,14H2,1-3H3,(H,15,18). The summed E-state index contributed by atoms with van der Waals surface area (Å²) in [6, 6.07) is 6.79. The van der Waals surface area contributed by atoms with Crippen molar-refractivity contribution in [2.45, 2.75) is 26.0 Å². The molecule has 1 aromatic carbocycles. The minimum absolute atomic E-state index is 0.143. The van der Waals surface area contributed by atoms with Gasteiger partial charge in [0.15, 0.2) is 0 Å². The quantitative estimate of drug-likeness (QED) is 0.680. The van der Waals surface area contributed by atoms with Gasteiger partial charge < -0.3 is 16.2 Å². The molecule has 0 aliphatic carbocycles. The van der Waals surface area contributed by atoms with Crippen molar-refractivity contribution < 1.29 is 9.90 Å². The Labute approximate surface area is 108 Å². The molecule has 1 amide bonds. The third-order valence-electron chi connectivity index (χ3n) is 2.81. The molecule has 0 spiro atoms. The first-order chi connectivity index (χ1) is 8.41. The highest BCUT2D eigenvalue weighted by atomic mass is 16.3. The molecule has 0 aliphatic heterocycles. The molecule has 4 N–H and O–H groups in total. The summed E-state index contributed by atoms with van der Waals surface area (Å²) in [4.78, 5) is 13.8. The molecule has 0 saturated heterocycles. The van der Waals surface area contributed by atoms with Crippen molar-refractivity contribution in [3.63, 3.8) is 0 Å². The Balaban J connectivity index is 2.63. The normalized spacial score (nSPS) is 14.3. The van der Waals surface area contributed by atoms with Crippen LogP contribution in [0.4, 0.5) is 11.4 Å². The second-order valence-corrected chi connectivity index (χ2v) is 4.54. The minimum atomic E-state index is -0.466. The molecular weight excluding hydrogens is 230 g/mol. The van der Waals surface area contributed by atoms with Crippen LogP contribution in [0.2, 0.25) is 0 Å². The number of amides is 1. The van der Waals surface area contributed by atoms with Gasteiger partial charge in [0.2, 0.25) is 5.91 Å². The molecule has 0 fully saturated rings. The number of nitrogens with zero attached hydrogens (tertiary/aromatic N) is 1. The fourth-order valence-electron chi connectivity index (χ4n) is 1.62. The molecule has 5 heteroatoms. The average molecular weight is 251 g/mol. The monoisotopic (exact) mass is 251 g/mol. The summed E-state index contributed by atoms with van der Waals surface area (Å²) in [7, 11) is 1.80. The lowest BCUT2D eigenvalue weighted by atomic mass is 10.2. The second-order valence-electron chi connectivity index (χ2n) is 4.54. The number of nitrogens with two attached hydrogens (primary N) is 1. The number of para-hydroxylation sites is 2. The topological polar surface area (TPSA) is 78.6 Å². The van der Waals surface area contributed by atoms with Crippen LogP contribution >= 0.6 is 0 Å². The van der Waals surface area contributed by atoms with Crippen LogP contribution < -0.4 is 11.1 Å². The summed E-state index contributed by atoms with van der Waals surface area (Å²) in [6.07, 6.45) is -0.466. The predicted octanol–water partition coefficient (Wildman–Crippen LogP) is 0.908. The molecule has 0 aliphatic rings. The fourth-order valence-corrected chi connectivity index (χ4v) is 1.62. The molecule has 2 unspecified atom stereocenters. The Kier molecular flexibility index (Phi) is 5.12. The molecule has 100 valence electrons. The van der Waals surface area contributed by atoms with E-state index < -0.39 is 6.10 Å². The highest BCUT2D eigenvalue weighted by Gasteiger charge is 2.19. The lowest BCUT2D eigenvalue weighted by molar-refractivity contribution is -0.120. The molecule has 2 atom stereocenters. The zero-order valence-corrected chi connectivity index (χ0v) is 11.1. The van der Waals surface area contributed by atoms with Gasteiger partial charge in [-0.25, -0.2) is 0 Å². The van der Waals surface area contributed by atoms with E-state index in [0.717, 1.165) is 0 Å². The highest BCUT2D eigenvalue weighted by molar-refractivity contribution is 5.96. The molecule has 1 aromatic rings. The van der Waals surface area contributed by atoms with Crippen molar-refractivity contribution in [2.75, 3.05) is 24.6 Å². The van der Waals surface area contributed by atoms with Crippen molar-refractivity contribution in [3.8, 4) is 0 Å². The van der Waals surface area contributed by atoms with Gasteiger partial charge in [-0.1, -0.05) is 12.1 Å². The maximum Gasteiger partial charge on any atom is 0.241 e. The average Bonchev–Trinajstić information content (AvgIpc) is 2.30. The zero-order chi connectivity index (χ0) is 13.7. The predicted molar refractivity (Wildman–Crippen MR) is 73.3 cm³/mol. The van der Waals surface area contributed by atoms with E-state index in [9.17, 15) is 9.90 Å². The van der Waals surface area contributed by atoms with E-state index >= 15 is 0 Å². The van der Waals surface area contributed by atoms with Crippen molar-refractivity contribution in [1.29, 1.82) is 0 Å². The molecule has 1 rings (SSSR count). The van der Waals surface area contributed by atoms with Crippen molar-refractivity contribution in [1.82, 2.24) is 4.90 Å². The van der Waals surface area contributed by atoms with E-state index in [2.05, 4.69) is 5.32 Å². The van der Waals surface area contributed by atoms with Gasteiger partial charge in [-0.2, -0.15) is 0 Å². The van der Waals surface area contributed by atoms with Crippen LogP contribution in [-0.2, 0) is 4.79 Å². The fraction of sp³-hybridized carbons (Fsp3) is 0.462. The van der Waals surface area contributed by atoms with Gasteiger partial charge in [0.25, 0.3) is 0 Å². The van der Waals surface area contributed by atoms with Crippen LogP contribution in [0.3, 0.4) is 0 Å². The Morgan fingerprint density at radius 3 is 2.61 bits per heavy atom. The van der Waals surface area contributed by atoms with Crippen molar-refractivity contribution in [2.24, 2.45) is 0 Å². The molecule has 0 saturated carbocycles. The van der Waals surface area contributed by atoms with Crippen molar-refractivity contribution in [3.05, 3.63) is 24.3 Å². The smallest absolute Gasteiger partial charge is 0.241 e. The van der Waals surface area contributed by atoms with Crippen LogP contribution in [0, 0.1) is 0 Å². The Morgan fingerprint density at radius 1 is 1.44 bits per heavy atom. The maximum absolute atomic E-state index is 12.0. The van der Waals surface area contributed by atoms with Gasteiger partial charge >= 0.3 is 0 Å². The molecule has 0 heterocycles. The number of aliphatic hydroxyl groups is 1. The first kappa shape index (κ1) is 14.5. The van der Waals surface area contributed by atoms with E-state index in [1.165, 1.54) is 0 Å². The SMILES string of the molecule is CC(O)CN(C)C(C)C(=O)Nc1ccccc1N. The third kappa shape index (κ3) is 4.01. The van der Waals surface area contributed by atoms with Gasteiger partial charge in [0.05, 0.1) is 23.5 Å². The molecule has 0 radical (unpaired) electrons. The van der Waals surface area contributed by atoms with E-state index in [0.29, 0.717) is 17.9 Å². The van der Waals surface area contributed by atoms with Crippen LogP contribution in [-0.4, -0.2) is 41.7 Å². The summed E-state index contributed by atoms with van der Waals surface area (Å²) in [6.45, 7) is 3.92. The van der Waals surface area contributed by atoms with Gasteiger partial charge in [-0.15, -0.1) is 0 Å². The van der Waals surface area contributed by atoms with Gasteiger partial charge in [0, 0.05) is 6.54 Å². The highest BCUT2D eigenvalue weighted by Crippen LogP contribution is 2.17. The van der Waals surface area contributed by atoms with Gasteiger partial charge in [-0.05, 0) is 33.0 Å². The lowest BCUT2D eigenvalue weighted by Gasteiger charge is -2.25. The summed E-state index contributed by atoms with van der Waals surface area (Å²) in [5, 5.41) is 12.1. The van der Waals surface area contributed by atoms with E-state index in [1.807, 2.05) is 12.1 Å².